The topological polar surface area (TPSA) is 89.4 Å². The molecular weight excluding hydrogens is 322 g/mol. The van der Waals surface area contributed by atoms with Crippen molar-refractivity contribution in [2.75, 3.05) is 25.5 Å². The molecule has 132 valence electrons. The first-order valence-electron chi connectivity index (χ1n) is 8.16. The Morgan fingerprint density at radius 1 is 1.24 bits per heavy atom. The highest BCUT2D eigenvalue weighted by molar-refractivity contribution is 5.97. The SMILES string of the molecule is COc1nn(C)cc1C(=O)N1CCC(C(=O)Nc2ccncc2)CC1. The van der Waals surface area contributed by atoms with Crippen LogP contribution in [-0.4, -0.2) is 51.7 Å². The predicted octanol–water partition coefficient (Wildman–Crippen LogP) is 1.31. The Kier molecular flexibility index (Phi) is 4.97. The molecule has 3 rings (SSSR count). The van der Waals surface area contributed by atoms with Gasteiger partial charge in [0.2, 0.25) is 11.8 Å². The highest BCUT2D eigenvalue weighted by Gasteiger charge is 2.30. The number of nitrogens with one attached hydrogen (secondary N) is 1. The van der Waals surface area contributed by atoms with Crippen LogP contribution in [0.5, 0.6) is 5.88 Å². The van der Waals surface area contributed by atoms with E-state index in [-0.39, 0.29) is 17.7 Å². The maximum atomic E-state index is 12.6. The first-order valence-corrected chi connectivity index (χ1v) is 8.16. The second-order valence-corrected chi connectivity index (χ2v) is 6.02. The maximum absolute atomic E-state index is 12.6. The lowest BCUT2D eigenvalue weighted by atomic mass is 9.95. The fourth-order valence-corrected chi connectivity index (χ4v) is 2.96. The van der Waals surface area contributed by atoms with E-state index in [4.69, 9.17) is 4.74 Å². The van der Waals surface area contributed by atoms with Crippen LogP contribution in [0.25, 0.3) is 0 Å². The van der Waals surface area contributed by atoms with Gasteiger partial charge in [0.15, 0.2) is 0 Å². The minimum atomic E-state index is -0.113. The van der Waals surface area contributed by atoms with E-state index in [0.29, 0.717) is 37.4 Å². The summed E-state index contributed by atoms with van der Waals surface area (Å²) >= 11 is 0. The van der Waals surface area contributed by atoms with Crippen molar-refractivity contribution >= 4 is 17.5 Å². The number of amides is 2. The lowest BCUT2D eigenvalue weighted by Gasteiger charge is -2.31. The molecule has 8 heteroatoms. The third-order valence-electron chi connectivity index (χ3n) is 4.32. The van der Waals surface area contributed by atoms with Crippen molar-refractivity contribution < 1.29 is 14.3 Å². The molecule has 2 aromatic heterocycles. The summed E-state index contributed by atoms with van der Waals surface area (Å²) in [4.78, 5) is 30.7. The number of nitrogens with zero attached hydrogens (tertiary/aromatic N) is 4. The summed E-state index contributed by atoms with van der Waals surface area (Å²) < 4.78 is 6.71. The van der Waals surface area contributed by atoms with Crippen molar-refractivity contribution in [3.8, 4) is 5.88 Å². The highest BCUT2D eigenvalue weighted by atomic mass is 16.5. The van der Waals surface area contributed by atoms with Gasteiger partial charge in [-0.2, -0.15) is 0 Å². The molecule has 1 aliphatic rings. The van der Waals surface area contributed by atoms with Crippen molar-refractivity contribution in [1.82, 2.24) is 19.7 Å². The zero-order valence-corrected chi connectivity index (χ0v) is 14.3. The van der Waals surface area contributed by atoms with Gasteiger partial charge in [-0.25, -0.2) is 0 Å². The summed E-state index contributed by atoms with van der Waals surface area (Å²) in [7, 11) is 3.24. The van der Waals surface area contributed by atoms with Crippen molar-refractivity contribution in [2.24, 2.45) is 13.0 Å². The number of hydrogen-bond acceptors (Lipinski definition) is 5. The third kappa shape index (κ3) is 3.78. The van der Waals surface area contributed by atoms with Gasteiger partial charge in [-0.05, 0) is 25.0 Å². The minimum Gasteiger partial charge on any atom is -0.479 e. The zero-order chi connectivity index (χ0) is 17.8. The van der Waals surface area contributed by atoms with Gasteiger partial charge in [-0.3, -0.25) is 19.3 Å². The van der Waals surface area contributed by atoms with E-state index >= 15 is 0 Å². The minimum absolute atomic E-state index is 0.0164. The number of anilines is 1. The van der Waals surface area contributed by atoms with E-state index in [1.54, 1.807) is 47.4 Å². The molecule has 0 aliphatic carbocycles. The number of carbonyl (C=O) groups excluding carboxylic acids is 2. The molecule has 25 heavy (non-hydrogen) atoms. The number of ether oxygens (including phenoxy) is 1. The molecule has 0 aromatic carbocycles. The van der Waals surface area contributed by atoms with Crippen molar-refractivity contribution in [3.63, 3.8) is 0 Å². The van der Waals surface area contributed by atoms with Crippen LogP contribution in [0.2, 0.25) is 0 Å². The monoisotopic (exact) mass is 343 g/mol. The molecular formula is C17H21N5O3. The highest BCUT2D eigenvalue weighted by Crippen LogP contribution is 2.23. The molecule has 0 saturated carbocycles. The Bertz CT molecular complexity index is 751. The zero-order valence-electron chi connectivity index (χ0n) is 14.3. The van der Waals surface area contributed by atoms with Gasteiger partial charge in [-0.1, -0.05) is 0 Å². The Morgan fingerprint density at radius 2 is 1.92 bits per heavy atom. The third-order valence-corrected chi connectivity index (χ3v) is 4.32. The van der Waals surface area contributed by atoms with E-state index in [1.807, 2.05) is 0 Å². The number of rotatable bonds is 4. The van der Waals surface area contributed by atoms with Crippen LogP contribution in [0.1, 0.15) is 23.2 Å². The molecule has 1 N–H and O–H groups in total. The van der Waals surface area contributed by atoms with Crippen LogP contribution in [0, 0.1) is 5.92 Å². The molecule has 0 bridgehead atoms. The fraction of sp³-hybridized carbons (Fsp3) is 0.412. The number of hydrogen-bond donors (Lipinski definition) is 1. The molecule has 1 aliphatic heterocycles. The second kappa shape index (κ2) is 7.33. The Hall–Kier alpha value is -2.90. The summed E-state index contributed by atoms with van der Waals surface area (Å²) in [6.07, 6.45) is 6.19. The van der Waals surface area contributed by atoms with E-state index in [1.165, 1.54) is 7.11 Å². The quantitative estimate of drug-likeness (QED) is 0.904. The number of aryl methyl sites for hydroxylation is 1. The van der Waals surface area contributed by atoms with Crippen LogP contribution in [0.4, 0.5) is 5.69 Å². The number of carbonyl (C=O) groups is 2. The normalized spacial score (nSPS) is 15.0. The molecule has 0 atom stereocenters. The maximum Gasteiger partial charge on any atom is 0.260 e. The average Bonchev–Trinajstić information content (AvgIpc) is 3.03. The largest absolute Gasteiger partial charge is 0.479 e. The van der Waals surface area contributed by atoms with Gasteiger partial charge in [0.25, 0.3) is 5.91 Å². The van der Waals surface area contributed by atoms with Crippen LogP contribution < -0.4 is 10.1 Å². The molecule has 8 nitrogen and oxygen atoms in total. The molecule has 0 radical (unpaired) electrons. The second-order valence-electron chi connectivity index (χ2n) is 6.02. The fourth-order valence-electron chi connectivity index (χ4n) is 2.96. The molecule has 2 aromatic rings. The van der Waals surface area contributed by atoms with Gasteiger partial charge in [0.05, 0.1) is 7.11 Å². The summed E-state index contributed by atoms with van der Waals surface area (Å²) in [6.45, 7) is 1.07. The molecule has 1 saturated heterocycles. The Balaban J connectivity index is 1.58. The summed E-state index contributed by atoms with van der Waals surface area (Å²) in [5.41, 5.74) is 1.18. The first kappa shape index (κ1) is 16.9. The van der Waals surface area contributed by atoms with Crippen LogP contribution >= 0.6 is 0 Å². The van der Waals surface area contributed by atoms with Gasteiger partial charge in [-0.15, -0.1) is 5.10 Å². The van der Waals surface area contributed by atoms with Crippen LogP contribution in [0.15, 0.2) is 30.7 Å². The summed E-state index contributed by atoms with van der Waals surface area (Å²) in [6, 6.07) is 3.51. The van der Waals surface area contributed by atoms with Crippen molar-refractivity contribution in [1.29, 1.82) is 0 Å². The van der Waals surface area contributed by atoms with Crippen molar-refractivity contribution in [2.45, 2.75) is 12.8 Å². The standard InChI is InChI=1S/C17H21N5O3/c1-21-11-14(16(20-21)25-2)17(24)22-9-5-12(6-10-22)15(23)19-13-3-7-18-8-4-13/h3-4,7-8,11-12H,5-6,9-10H2,1-2H3,(H,18,19,23). The first-order chi connectivity index (χ1) is 12.1. The number of likely N-dealkylation sites (tertiary alicyclic amines) is 1. The summed E-state index contributed by atoms with van der Waals surface area (Å²) in [5.74, 6) is 0.0910. The van der Waals surface area contributed by atoms with Gasteiger partial charge in [0, 0.05) is 50.3 Å². The number of methoxy groups -OCH3 is 1. The number of piperidine rings is 1. The van der Waals surface area contributed by atoms with E-state index in [2.05, 4.69) is 15.4 Å². The predicted molar refractivity (Wildman–Crippen MR) is 91.3 cm³/mol. The number of aromatic nitrogens is 3. The molecule has 1 fully saturated rings. The lowest BCUT2D eigenvalue weighted by molar-refractivity contribution is -0.121. The van der Waals surface area contributed by atoms with Gasteiger partial charge >= 0.3 is 0 Å². The smallest absolute Gasteiger partial charge is 0.260 e. The van der Waals surface area contributed by atoms with Gasteiger partial charge in [0.1, 0.15) is 5.56 Å². The Morgan fingerprint density at radius 3 is 2.56 bits per heavy atom. The average molecular weight is 343 g/mol. The molecule has 3 heterocycles. The van der Waals surface area contributed by atoms with Crippen molar-refractivity contribution in [3.05, 3.63) is 36.3 Å². The molecule has 0 unspecified atom stereocenters. The molecule has 2 amide bonds. The van der Waals surface area contributed by atoms with Gasteiger partial charge < -0.3 is 15.0 Å². The molecule has 0 spiro atoms. The van der Waals surface area contributed by atoms with E-state index < -0.39 is 0 Å². The Labute approximate surface area is 145 Å². The lowest BCUT2D eigenvalue weighted by Crippen LogP contribution is -2.41. The van der Waals surface area contributed by atoms with Crippen LogP contribution in [-0.2, 0) is 11.8 Å². The van der Waals surface area contributed by atoms with Crippen LogP contribution in [0.3, 0.4) is 0 Å². The summed E-state index contributed by atoms with van der Waals surface area (Å²) in [5, 5.41) is 7.01. The van der Waals surface area contributed by atoms with E-state index in [9.17, 15) is 9.59 Å². The van der Waals surface area contributed by atoms with E-state index in [0.717, 1.165) is 5.69 Å². The number of pyridine rings is 1.